The number of carbonyl (C=O) groups is 2. The third kappa shape index (κ3) is 2.67. The summed E-state index contributed by atoms with van der Waals surface area (Å²) in [7, 11) is 0. The molecule has 1 atom stereocenters. The summed E-state index contributed by atoms with van der Waals surface area (Å²) in [5, 5.41) is 10.6. The van der Waals surface area contributed by atoms with Gasteiger partial charge in [0.15, 0.2) is 0 Å². The van der Waals surface area contributed by atoms with Gasteiger partial charge in [-0.25, -0.2) is 4.39 Å². The fourth-order valence-corrected chi connectivity index (χ4v) is 2.21. The van der Waals surface area contributed by atoms with Crippen LogP contribution in [0.15, 0.2) is 12.1 Å². The van der Waals surface area contributed by atoms with Crippen molar-refractivity contribution in [2.24, 2.45) is 11.7 Å². The summed E-state index contributed by atoms with van der Waals surface area (Å²) in [5.74, 6) is -4.93. The Labute approximate surface area is 117 Å². The normalized spacial score (nSPS) is 17.8. The van der Waals surface area contributed by atoms with Crippen molar-refractivity contribution in [1.29, 1.82) is 0 Å². The predicted molar refractivity (Wildman–Crippen MR) is 66.2 cm³/mol. The Morgan fingerprint density at radius 3 is 2.57 bits per heavy atom. The summed E-state index contributed by atoms with van der Waals surface area (Å²) in [6.45, 7) is 0.0454. The molecular formula is C12H11F2N3O4. The van der Waals surface area contributed by atoms with E-state index in [1.807, 2.05) is 0 Å². The maximum absolute atomic E-state index is 13.9. The summed E-state index contributed by atoms with van der Waals surface area (Å²) in [6.07, 6.45) is 0.291. The second-order valence-corrected chi connectivity index (χ2v) is 4.65. The topological polar surface area (TPSA) is 107 Å². The lowest BCUT2D eigenvalue weighted by Crippen LogP contribution is -2.33. The molecule has 1 aliphatic rings. The zero-order valence-electron chi connectivity index (χ0n) is 10.7. The lowest BCUT2D eigenvalue weighted by Gasteiger charge is -2.16. The fourth-order valence-electron chi connectivity index (χ4n) is 2.21. The van der Waals surface area contributed by atoms with E-state index in [4.69, 9.17) is 5.73 Å². The Morgan fingerprint density at radius 2 is 2.05 bits per heavy atom. The first-order valence-electron chi connectivity index (χ1n) is 6.04. The number of nitro benzene ring substituents is 1. The number of rotatable bonds is 3. The molecule has 0 aliphatic carbocycles. The summed E-state index contributed by atoms with van der Waals surface area (Å²) in [4.78, 5) is 33.8. The predicted octanol–water partition coefficient (Wildman–Crippen LogP) is 0.820. The van der Waals surface area contributed by atoms with E-state index in [2.05, 4.69) is 0 Å². The highest BCUT2D eigenvalue weighted by molar-refractivity contribution is 5.96. The second-order valence-electron chi connectivity index (χ2n) is 4.65. The number of hydrogen-bond acceptors (Lipinski definition) is 4. The third-order valence-corrected chi connectivity index (χ3v) is 3.36. The van der Waals surface area contributed by atoms with Crippen LogP contribution in [0.3, 0.4) is 0 Å². The molecule has 2 rings (SSSR count). The van der Waals surface area contributed by atoms with Gasteiger partial charge in [-0.1, -0.05) is 0 Å². The van der Waals surface area contributed by atoms with Crippen LogP contribution in [0.5, 0.6) is 0 Å². The van der Waals surface area contributed by atoms with Crippen molar-refractivity contribution in [1.82, 2.24) is 4.90 Å². The summed E-state index contributed by atoms with van der Waals surface area (Å²) in [6, 6.07) is 1.31. The van der Waals surface area contributed by atoms with Gasteiger partial charge in [0.1, 0.15) is 11.4 Å². The molecule has 1 unspecified atom stereocenters. The van der Waals surface area contributed by atoms with Crippen LogP contribution in [0, 0.1) is 27.7 Å². The van der Waals surface area contributed by atoms with Crippen LogP contribution in [-0.2, 0) is 4.79 Å². The van der Waals surface area contributed by atoms with Gasteiger partial charge in [-0.15, -0.1) is 0 Å². The minimum atomic E-state index is -1.52. The van der Waals surface area contributed by atoms with E-state index < -0.39 is 45.5 Å². The maximum atomic E-state index is 13.9. The lowest BCUT2D eigenvalue weighted by atomic mass is 10.1. The van der Waals surface area contributed by atoms with E-state index in [-0.39, 0.29) is 13.1 Å². The standard InChI is InChI=1S/C12H11F2N3O4/c13-7-1-2-8(17(20)21)10(14)9(7)12(19)16-4-3-6(5-16)11(15)18/h1-2,6H,3-5H2,(H2,15,18). The van der Waals surface area contributed by atoms with Crippen molar-refractivity contribution in [2.45, 2.75) is 6.42 Å². The molecule has 1 aromatic rings. The van der Waals surface area contributed by atoms with Crippen LogP contribution in [0.1, 0.15) is 16.8 Å². The van der Waals surface area contributed by atoms with Crippen LogP contribution in [0.4, 0.5) is 14.5 Å². The minimum absolute atomic E-state index is 0.0598. The third-order valence-electron chi connectivity index (χ3n) is 3.36. The molecule has 1 saturated heterocycles. The molecule has 0 saturated carbocycles. The minimum Gasteiger partial charge on any atom is -0.369 e. The van der Waals surface area contributed by atoms with Crippen LogP contribution >= 0.6 is 0 Å². The monoisotopic (exact) mass is 299 g/mol. The first-order chi connectivity index (χ1) is 9.82. The number of nitro groups is 1. The Hall–Kier alpha value is -2.58. The molecule has 21 heavy (non-hydrogen) atoms. The summed E-state index contributed by atoms with van der Waals surface area (Å²) >= 11 is 0. The number of halogens is 2. The molecule has 1 fully saturated rings. The van der Waals surface area contributed by atoms with E-state index >= 15 is 0 Å². The van der Waals surface area contributed by atoms with Crippen molar-refractivity contribution in [3.05, 3.63) is 39.4 Å². The number of carbonyl (C=O) groups excluding carboxylic acids is 2. The molecule has 112 valence electrons. The number of nitrogens with two attached hydrogens (primary N) is 1. The first kappa shape index (κ1) is 14.8. The Kier molecular flexibility index (Phi) is 3.83. The number of benzene rings is 1. The Balaban J connectivity index is 2.34. The quantitative estimate of drug-likeness (QED) is 0.658. The number of amides is 2. The molecule has 2 N–H and O–H groups in total. The largest absolute Gasteiger partial charge is 0.369 e. The van der Waals surface area contributed by atoms with Gasteiger partial charge in [0.05, 0.1) is 10.8 Å². The molecule has 1 heterocycles. The smallest absolute Gasteiger partial charge is 0.305 e. The molecule has 1 aliphatic heterocycles. The van der Waals surface area contributed by atoms with E-state index in [0.717, 1.165) is 4.90 Å². The zero-order valence-corrected chi connectivity index (χ0v) is 10.7. The van der Waals surface area contributed by atoms with Gasteiger partial charge in [-0.3, -0.25) is 19.7 Å². The van der Waals surface area contributed by atoms with Crippen LogP contribution in [0.2, 0.25) is 0 Å². The molecule has 7 nitrogen and oxygen atoms in total. The highest BCUT2D eigenvalue weighted by Gasteiger charge is 2.34. The highest BCUT2D eigenvalue weighted by Crippen LogP contribution is 2.26. The van der Waals surface area contributed by atoms with Crippen molar-refractivity contribution < 1.29 is 23.3 Å². The van der Waals surface area contributed by atoms with Crippen molar-refractivity contribution in [2.75, 3.05) is 13.1 Å². The van der Waals surface area contributed by atoms with E-state index in [1.165, 1.54) is 0 Å². The number of primary amides is 1. The number of likely N-dealkylation sites (tertiary alicyclic amines) is 1. The van der Waals surface area contributed by atoms with Gasteiger partial charge in [0.25, 0.3) is 5.91 Å². The summed E-state index contributed by atoms with van der Waals surface area (Å²) in [5.41, 5.74) is 3.14. The van der Waals surface area contributed by atoms with Crippen LogP contribution < -0.4 is 5.73 Å². The van der Waals surface area contributed by atoms with Gasteiger partial charge in [0.2, 0.25) is 11.7 Å². The van der Waals surface area contributed by atoms with E-state index in [9.17, 15) is 28.5 Å². The zero-order chi connectivity index (χ0) is 15.7. The SMILES string of the molecule is NC(=O)C1CCN(C(=O)c2c(F)ccc([N+](=O)[O-])c2F)C1. The van der Waals surface area contributed by atoms with Crippen LogP contribution in [0.25, 0.3) is 0 Å². The first-order valence-corrected chi connectivity index (χ1v) is 6.04. The highest BCUT2D eigenvalue weighted by atomic mass is 19.1. The average Bonchev–Trinajstić information content (AvgIpc) is 2.87. The molecular weight excluding hydrogens is 288 g/mol. The van der Waals surface area contributed by atoms with Gasteiger partial charge >= 0.3 is 5.69 Å². The molecule has 2 amide bonds. The number of hydrogen-bond donors (Lipinski definition) is 1. The summed E-state index contributed by atoms with van der Waals surface area (Å²) < 4.78 is 27.6. The molecule has 0 radical (unpaired) electrons. The fraction of sp³-hybridized carbons (Fsp3) is 0.333. The van der Waals surface area contributed by atoms with Crippen molar-refractivity contribution >= 4 is 17.5 Å². The van der Waals surface area contributed by atoms with E-state index in [1.54, 1.807) is 0 Å². The van der Waals surface area contributed by atoms with E-state index in [0.29, 0.717) is 18.6 Å². The second kappa shape index (κ2) is 5.43. The number of nitrogens with zero attached hydrogens (tertiary/aromatic N) is 2. The van der Waals surface area contributed by atoms with Crippen LogP contribution in [-0.4, -0.2) is 34.7 Å². The van der Waals surface area contributed by atoms with Gasteiger partial charge in [0, 0.05) is 19.2 Å². The Morgan fingerprint density at radius 1 is 1.38 bits per heavy atom. The van der Waals surface area contributed by atoms with Crippen molar-refractivity contribution in [3.63, 3.8) is 0 Å². The molecule has 0 aromatic heterocycles. The molecule has 0 spiro atoms. The Bertz CT molecular complexity index is 635. The van der Waals surface area contributed by atoms with Gasteiger partial charge in [-0.2, -0.15) is 4.39 Å². The molecule has 9 heteroatoms. The van der Waals surface area contributed by atoms with Crippen molar-refractivity contribution in [3.8, 4) is 0 Å². The average molecular weight is 299 g/mol. The van der Waals surface area contributed by atoms with Gasteiger partial charge in [-0.05, 0) is 12.5 Å². The molecule has 1 aromatic carbocycles. The lowest BCUT2D eigenvalue weighted by molar-refractivity contribution is -0.387. The molecule has 0 bridgehead atoms. The maximum Gasteiger partial charge on any atom is 0.305 e. The van der Waals surface area contributed by atoms with Gasteiger partial charge < -0.3 is 10.6 Å².